The lowest BCUT2D eigenvalue weighted by molar-refractivity contribution is -0.122. The number of aromatic nitrogens is 1. The summed E-state index contributed by atoms with van der Waals surface area (Å²) in [6.45, 7) is 0.251. The van der Waals surface area contributed by atoms with Crippen molar-refractivity contribution < 1.29 is 9.53 Å². The lowest BCUT2D eigenvalue weighted by Gasteiger charge is -2.03. The summed E-state index contributed by atoms with van der Waals surface area (Å²) in [5.41, 5.74) is 0.860. The first-order valence-corrected chi connectivity index (χ1v) is 6.91. The van der Waals surface area contributed by atoms with Gasteiger partial charge in [-0.25, -0.2) is 0 Å². The highest BCUT2D eigenvalue weighted by molar-refractivity contribution is 7.07. The number of benzene rings is 1. The summed E-state index contributed by atoms with van der Waals surface area (Å²) >= 11 is 7.39. The van der Waals surface area contributed by atoms with Crippen LogP contribution < -0.4 is 4.80 Å². The van der Waals surface area contributed by atoms with Crippen molar-refractivity contribution in [3.63, 3.8) is 0 Å². The zero-order chi connectivity index (χ0) is 13.7. The van der Waals surface area contributed by atoms with E-state index in [1.807, 2.05) is 36.8 Å². The van der Waals surface area contributed by atoms with Gasteiger partial charge in [-0.05, 0) is 11.6 Å². The Hall–Kier alpha value is -1.43. The number of rotatable bonds is 4. The quantitative estimate of drug-likeness (QED) is 0.869. The fourth-order valence-corrected chi connectivity index (χ4v) is 2.37. The molecule has 0 spiro atoms. The third-order valence-electron chi connectivity index (χ3n) is 2.42. The van der Waals surface area contributed by atoms with E-state index in [2.05, 4.69) is 4.99 Å². The second kappa shape index (κ2) is 6.65. The minimum Gasteiger partial charge on any atom is -0.367 e. The topological polar surface area (TPSA) is 43.6 Å². The van der Waals surface area contributed by atoms with Crippen molar-refractivity contribution in [2.45, 2.75) is 6.61 Å². The normalized spacial score (nSPS) is 11.8. The zero-order valence-electron chi connectivity index (χ0n) is 10.4. The molecule has 6 heteroatoms. The molecule has 0 aliphatic rings. The number of aryl methyl sites for hydroxylation is 1. The summed E-state index contributed by atoms with van der Waals surface area (Å²) in [5.74, 6) is -0.301. The second-order valence-electron chi connectivity index (χ2n) is 3.89. The fraction of sp³-hybridized carbons (Fsp3) is 0.231. The predicted molar refractivity (Wildman–Crippen MR) is 75.0 cm³/mol. The average molecular weight is 297 g/mol. The van der Waals surface area contributed by atoms with Gasteiger partial charge in [-0.2, -0.15) is 4.99 Å². The molecule has 1 aromatic carbocycles. The van der Waals surface area contributed by atoms with Crippen molar-refractivity contribution >= 4 is 28.8 Å². The largest absolute Gasteiger partial charge is 0.367 e. The van der Waals surface area contributed by atoms with E-state index < -0.39 is 0 Å². The van der Waals surface area contributed by atoms with E-state index in [1.165, 1.54) is 11.3 Å². The molecule has 0 radical (unpaired) electrons. The molecule has 0 N–H and O–H groups in total. The van der Waals surface area contributed by atoms with Crippen LogP contribution in [0.4, 0.5) is 0 Å². The monoisotopic (exact) mass is 296 g/mol. The maximum Gasteiger partial charge on any atom is 0.274 e. The molecule has 1 amide bonds. The van der Waals surface area contributed by atoms with Crippen LogP contribution >= 0.6 is 22.9 Å². The number of ether oxygens (including phenoxy) is 1. The fourth-order valence-electron chi connectivity index (χ4n) is 1.44. The van der Waals surface area contributed by atoms with Gasteiger partial charge in [-0.1, -0.05) is 29.8 Å². The molecule has 0 unspecified atom stereocenters. The van der Waals surface area contributed by atoms with Crippen molar-refractivity contribution in [2.75, 3.05) is 6.61 Å². The van der Waals surface area contributed by atoms with E-state index >= 15 is 0 Å². The Kier molecular flexibility index (Phi) is 4.90. The Morgan fingerprint density at radius 3 is 2.95 bits per heavy atom. The van der Waals surface area contributed by atoms with Gasteiger partial charge in [0.15, 0.2) is 4.80 Å². The molecule has 2 rings (SSSR count). The van der Waals surface area contributed by atoms with E-state index in [9.17, 15) is 4.79 Å². The van der Waals surface area contributed by atoms with Crippen molar-refractivity contribution in [3.8, 4) is 0 Å². The van der Waals surface area contributed by atoms with Crippen LogP contribution in [0.2, 0.25) is 5.02 Å². The smallest absolute Gasteiger partial charge is 0.274 e. The van der Waals surface area contributed by atoms with Crippen LogP contribution in [0.1, 0.15) is 5.56 Å². The van der Waals surface area contributed by atoms with Crippen LogP contribution in [0.5, 0.6) is 0 Å². The van der Waals surface area contributed by atoms with Gasteiger partial charge in [-0.3, -0.25) is 4.79 Å². The maximum absolute atomic E-state index is 11.6. The third-order valence-corrected chi connectivity index (χ3v) is 3.64. The van der Waals surface area contributed by atoms with Crippen molar-refractivity contribution in [2.24, 2.45) is 12.0 Å². The Morgan fingerprint density at radius 2 is 2.26 bits per heavy atom. The van der Waals surface area contributed by atoms with E-state index in [0.29, 0.717) is 16.4 Å². The van der Waals surface area contributed by atoms with Crippen LogP contribution in [-0.2, 0) is 23.2 Å². The molecular weight excluding hydrogens is 284 g/mol. The van der Waals surface area contributed by atoms with Crippen molar-refractivity contribution in [3.05, 3.63) is 51.2 Å². The van der Waals surface area contributed by atoms with Gasteiger partial charge in [0.2, 0.25) is 0 Å². The van der Waals surface area contributed by atoms with Crippen LogP contribution in [0, 0.1) is 0 Å². The van der Waals surface area contributed by atoms with E-state index in [1.54, 1.807) is 10.6 Å². The van der Waals surface area contributed by atoms with Crippen molar-refractivity contribution in [1.29, 1.82) is 0 Å². The number of halogens is 1. The lowest BCUT2D eigenvalue weighted by Crippen LogP contribution is -2.15. The summed E-state index contributed by atoms with van der Waals surface area (Å²) in [6, 6.07) is 7.38. The van der Waals surface area contributed by atoms with Crippen LogP contribution in [0.25, 0.3) is 0 Å². The Morgan fingerprint density at radius 1 is 1.47 bits per heavy atom. The molecule has 1 heterocycles. The maximum atomic E-state index is 11.6. The molecule has 2 aromatic rings. The first-order valence-electron chi connectivity index (χ1n) is 5.65. The van der Waals surface area contributed by atoms with Gasteiger partial charge in [0.1, 0.15) is 6.61 Å². The van der Waals surface area contributed by atoms with Gasteiger partial charge in [0, 0.05) is 23.6 Å². The minimum absolute atomic E-state index is 0.0525. The molecular formula is C13H13ClN2O2S. The molecule has 19 heavy (non-hydrogen) atoms. The van der Waals surface area contributed by atoms with E-state index in [0.717, 1.165) is 5.56 Å². The summed E-state index contributed by atoms with van der Waals surface area (Å²) in [7, 11) is 1.84. The lowest BCUT2D eigenvalue weighted by atomic mass is 10.2. The van der Waals surface area contributed by atoms with Gasteiger partial charge in [-0.15, -0.1) is 11.3 Å². The number of thiazole rings is 1. The zero-order valence-corrected chi connectivity index (χ0v) is 11.9. The molecule has 0 aliphatic carbocycles. The summed E-state index contributed by atoms with van der Waals surface area (Å²) < 4.78 is 7.11. The number of hydrogen-bond donors (Lipinski definition) is 0. The molecule has 0 fully saturated rings. The van der Waals surface area contributed by atoms with Gasteiger partial charge in [0.05, 0.1) is 6.61 Å². The third kappa shape index (κ3) is 4.02. The van der Waals surface area contributed by atoms with Gasteiger partial charge >= 0.3 is 0 Å². The first kappa shape index (κ1) is 14.0. The van der Waals surface area contributed by atoms with Crippen LogP contribution in [-0.4, -0.2) is 17.1 Å². The number of amides is 1. The number of nitrogens with zero attached hydrogens (tertiary/aromatic N) is 2. The minimum atomic E-state index is -0.301. The highest BCUT2D eigenvalue weighted by Gasteiger charge is 2.03. The molecule has 100 valence electrons. The van der Waals surface area contributed by atoms with Crippen LogP contribution in [0.3, 0.4) is 0 Å². The van der Waals surface area contributed by atoms with Crippen molar-refractivity contribution in [1.82, 2.24) is 4.57 Å². The average Bonchev–Trinajstić information content (AvgIpc) is 2.77. The van der Waals surface area contributed by atoms with E-state index in [4.69, 9.17) is 16.3 Å². The molecule has 1 aromatic heterocycles. The highest BCUT2D eigenvalue weighted by Crippen LogP contribution is 2.15. The Labute approximate surface area is 119 Å². The molecule has 0 saturated heterocycles. The summed E-state index contributed by atoms with van der Waals surface area (Å²) in [4.78, 5) is 16.2. The number of hydrogen-bond acceptors (Lipinski definition) is 3. The summed E-state index contributed by atoms with van der Waals surface area (Å²) in [5, 5.41) is 2.51. The standard InChI is InChI=1S/C13H13ClN2O2S/c1-16-6-7-19-13(16)15-12(17)9-18-8-10-4-2-3-5-11(10)14/h2-7H,8-9H2,1H3. The SMILES string of the molecule is Cn1ccsc1=NC(=O)COCc1ccccc1Cl. The Balaban J connectivity index is 1.89. The van der Waals surface area contributed by atoms with Gasteiger partial charge < -0.3 is 9.30 Å². The molecule has 0 saturated carbocycles. The number of carbonyl (C=O) groups excluding carboxylic acids is 1. The molecule has 0 bridgehead atoms. The first-order chi connectivity index (χ1) is 9.16. The second-order valence-corrected chi connectivity index (χ2v) is 5.17. The van der Waals surface area contributed by atoms with Crippen LogP contribution in [0.15, 0.2) is 40.8 Å². The predicted octanol–water partition coefficient (Wildman–Crippen LogP) is 2.38. The molecule has 4 nitrogen and oxygen atoms in total. The number of carbonyl (C=O) groups is 1. The van der Waals surface area contributed by atoms with E-state index in [-0.39, 0.29) is 12.5 Å². The Bertz CT molecular complexity index is 633. The molecule has 0 atom stereocenters. The molecule has 0 aliphatic heterocycles. The highest BCUT2D eigenvalue weighted by atomic mass is 35.5. The van der Waals surface area contributed by atoms with Gasteiger partial charge in [0.25, 0.3) is 5.91 Å². The summed E-state index contributed by atoms with van der Waals surface area (Å²) in [6.07, 6.45) is 1.85.